The van der Waals surface area contributed by atoms with Crippen molar-refractivity contribution in [3.8, 4) is 33.9 Å². The minimum Gasteiger partial charge on any atom is -0.255 e. The van der Waals surface area contributed by atoms with E-state index in [4.69, 9.17) is 46.8 Å². The molecule has 7 nitrogen and oxygen atoms in total. The first kappa shape index (κ1) is 61.5. The fourth-order valence-electron chi connectivity index (χ4n) is 3.52. The third-order valence-corrected chi connectivity index (χ3v) is 5.34. The van der Waals surface area contributed by atoms with Crippen LogP contribution in [0.3, 0.4) is 0 Å². The van der Waals surface area contributed by atoms with E-state index in [2.05, 4.69) is 60.8 Å². The number of hydrogen-bond donors (Lipinski definition) is 0. The number of halogens is 2. The van der Waals surface area contributed by atoms with Crippen molar-refractivity contribution >= 4 is 23.2 Å². The number of alkyl halides is 2. The maximum Gasteiger partial charge on any atom is 0.0878 e. The maximum absolute atomic E-state index is 7.50. The number of nitrogens with zero attached hydrogens (tertiary/aromatic N) is 3. The van der Waals surface area contributed by atoms with Gasteiger partial charge in [0.25, 0.3) is 0 Å². The molecule has 0 spiro atoms. The van der Waals surface area contributed by atoms with Gasteiger partial charge in [0.1, 0.15) is 0 Å². The van der Waals surface area contributed by atoms with E-state index < -0.39 is 0 Å². The van der Waals surface area contributed by atoms with Crippen LogP contribution in [0, 0.1) is 26.6 Å². The fourth-order valence-corrected chi connectivity index (χ4v) is 3.52. The average Bonchev–Trinajstić information content (AvgIpc) is 4.05. The maximum atomic E-state index is 7.50. The molecule has 0 aliphatic carbocycles. The fraction of sp³-hybridized carbons (Fsp3) is 0.0250. The Hall–Kier alpha value is -3.53. The molecule has 0 radical (unpaired) electrons. The van der Waals surface area contributed by atoms with Gasteiger partial charge in [-0.25, -0.2) is 41.4 Å². The second-order valence-electron chi connectivity index (χ2n) is 8.22. The van der Waals surface area contributed by atoms with Gasteiger partial charge in [-0.05, 0) is 24.3 Å². The van der Waals surface area contributed by atoms with Gasteiger partial charge < -0.3 is 0 Å². The van der Waals surface area contributed by atoms with E-state index in [1.807, 2.05) is 140 Å². The third-order valence-electron chi connectivity index (χ3n) is 5.34. The third kappa shape index (κ3) is 30.6. The molecule has 7 aromatic rings. The van der Waals surface area contributed by atoms with Crippen LogP contribution in [0.2, 0.25) is 0 Å². The summed E-state index contributed by atoms with van der Waals surface area (Å²) >= 11 is 9.53. The Balaban J connectivity index is -0.000000152. The van der Waals surface area contributed by atoms with Gasteiger partial charge in [0.15, 0.2) is 0 Å². The molecule has 0 aliphatic rings. The molecule has 3 heterocycles. The van der Waals surface area contributed by atoms with E-state index >= 15 is 0 Å². The Morgan fingerprint density at radius 3 is 1.02 bits per heavy atom. The van der Waals surface area contributed by atoms with E-state index in [0.29, 0.717) is 0 Å². The van der Waals surface area contributed by atoms with E-state index in [9.17, 15) is 0 Å². The Morgan fingerprint density at radius 1 is 0.453 bits per heavy atom. The number of rotatable bonds is 3. The molecule has 4 aromatic carbocycles. The predicted octanol–water partition coefficient (Wildman–Crippen LogP) is 10.1. The van der Waals surface area contributed by atoms with E-state index in [-0.39, 0.29) is 73.6 Å². The van der Waals surface area contributed by atoms with Gasteiger partial charge in [-0.1, -0.05) is 29.8 Å². The number of hydrogen-bond acceptors (Lipinski definition) is 3. The first-order valence-electron chi connectivity index (χ1n) is 13.8. The largest absolute Gasteiger partial charge is 0.255 e. The zero-order valence-electron chi connectivity index (χ0n) is 27.6. The summed E-state index contributed by atoms with van der Waals surface area (Å²) in [5, 5.41) is 0.194. The van der Waals surface area contributed by atoms with Gasteiger partial charge >= 0.3 is 45.2 Å². The van der Waals surface area contributed by atoms with Gasteiger partial charge in [-0.15, -0.1) is 34.8 Å². The van der Waals surface area contributed by atoms with Crippen LogP contribution in [0.5, 0.6) is 0 Å². The molecule has 0 N–H and O–H groups in total. The Kier molecular flexibility index (Phi) is 56.2. The zero-order chi connectivity index (χ0) is 36.8. The zero-order valence-corrected chi connectivity index (χ0v) is 33.5. The van der Waals surface area contributed by atoms with Crippen LogP contribution in [0.15, 0.2) is 176 Å². The van der Waals surface area contributed by atoms with Crippen LogP contribution in [0.4, 0.5) is 0 Å². The minimum absolute atomic E-state index is 0. The van der Waals surface area contributed by atoms with Crippen LogP contribution in [-0.4, -0.2) is 20.3 Å². The SMILES string of the molecule is ClCCl.[C-]#[O+].[C-]#[O+].[C-]#[O+].[C-]#[O+].[Fe].[Fe].[Fe].[Fe].c1cc[cH-]c1.c1cc[cH-]c1.c1cc[cH-]c1.c1ccc(-c2cc(-c3ccc[cH-]3)cc(-c3ccccn3)n2)nc1. The Bertz CT molecular complexity index is 1520. The Morgan fingerprint density at radius 2 is 0.792 bits per heavy atom. The summed E-state index contributed by atoms with van der Waals surface area (Å²) in [6.07, 6.45) is 3.57. The Labute approximate surface area is 364 Å². The summed E-state index contributed by atoms with van der Waals surface area (Å²) in [7, 11) is 0. The topological polar surface area (TPSA) is 118 Å². The molecule has 3 aromatic heterocycles. The monoisotopic (exact) mass is 911 g/mol. The van der Waals surface area contributed by atoms with Crippen LogP contribution < -0.4 is 0 Å². The molecule has 0 bridgehead atoms. The van der Waals surface area contributed by atoms with Crippen molar-refractivity contribution in [2.24, 2.45) is 0 Å². The van der Waals surface area contributed by atoms with Crippen molar-refractivity contribution in [2.45, 2.75) is 0 Å². The summed E-state index contributed by atoms with van der Waals surface area (Å²) in [4.78, 5) is 13.6. The first-order valence-corrected chi connectivity index (χ1v) is 14.9. The van der Waals surface area contributed by atoms with Gasteiger partial charge in [-0.3, -0.25) is 9.97 Å². The molecule has 280 valence electrons. The molecular formula is C40H31Cl2Fe4N3O4-4. The van der Waals surface area contributed by atoms with Crippen LogP contribution in [0.25, 0.3) is 33.9 Å². The molecule has 7 rings (SSSR count). The molecule has 0 saturated carbocycles. The average molecular weight is 912 g/mol. The van der Waals surface area contributed by atoms with E-state index in [1.165, 1.54) is 5.56 Å². The molecular weight excluding hydrogens is 881 g/mol. The number of pyridine rings is 3. The van der Waals surface area contributed by atoms with Crippen LogP contribution in [-0.2, 0) is 86.9 Å². The van der Waals surface area contributed by atoms with Crippen molar-refractivity contribution in [1.29, 1.82) is 0 Å². The molecule has 13 heteroatoms. The summed E-state index contributed by atoms with van der Waals surface area (Å²) in [6, 6.07) is 54.1. The van der Waals surface area contributed by atoms with Crippen molar-refractivity contribution in [3.05, 3.63) is 203 Å². The quantitative estimate of drug-likeness (QED) is 0.0760. The van der Waals surface area contributed by atoms with Crippen molar-refractivity contribution in [2.75, 3.05) is 5.34 Å². The van der Waals surface area contributed by atoms with Gasteiger partial charge in [0.2, 0.25) is 0 Å². The van der Waals surface area contributed by atoms with Gasteiger partial charge in [0, 0.05) is 80.7 Å². The molecule has 0 saturated heterocycles. The van der Waals surface area contributed by atoms with E-state index in [1.54, 1.807) is 12.4 Å². The second-order valence-corrected chi connectivity index (χ2v) is 9.03. The standard InChI is InChI=1S/C20H14N3.3C5H5.CH2Cl2.4CO.4Fe/c1-2-8-15(7-1)16-13-19(17-9-3-5-11-21-17)23-20(14-16)18-10-4-6-12-22-18;3*1-2-4-5-3-1;2-1-3;4*1-2;;;;/h1-14H;3*1-5H;1H2;;;;;;;;/q4*-1;;;;;;;;;. The minimum atomic E-state index is 0. The van der Waals surface area contributed by atoms with Crippen molar-refractivity contribution < 1.29 is 86.9 Å². The molecule has 0 fully saturated rings. The summed E-state index contributed by atoms with van der Waals surface area (Å²) in [6.45, 7) is 18.0. The molecule has 0 aliphatic heterocycles. The normalized spacial score (nSPS) is 7.36. The second kappa shape index (κ2) is 48.5. The van der Waals surface area contributed by atoms with Gasteiger partial charge in [-0.2, -0.15) is 72.8 Å². The van der Waals surface area contributed by atoms with Crippen LogP contribution >= 0.6 is 23.2 Å². The molecule has 0 atom stereocenters. The van der Waals surface area contributed by atoms with Gasteiger partial charge in [0.05, 0.1) is 28.1 Å². The molecule has 0 unspecified atom stereocenters. The summed E-state index contributed by atoms with van der Waals surface area (Å²) in [5.74, 6) is 0. The summed E-state index contributed by atoms with van der Waals surface area (Å²) in [5.41, 5.74) is 5.71. The predicted molar refractivity (Wildman–Crippen MR) is 190 cm³/mol. The molecule has 0 amide bonds. The molecule has 53 heavy (non-hydrogen) atoms. The van der Waals surface area contributed by atoms with Crippen LogP contribution in [0.1, 0.15) is 0 Å². The van der Waals surface area contributed by atoms with E-state index in [0.717, 1.165) is 28.3 Å². The smallest absolute Gasteiger partial charge is 0.0878 e. The first-order chi connectivity index (χ1) is 24.3. The van der Waals surface area contributed by atoms with Crippen molar-refractivity contribution in [1.82, 2.24) is 15.0 Å². The summed E-state index contributed by atoms with van der Waals surface area (Å²) < 4.78 is 30.0. The number of aromatic nitrogens is 3. The van der Waals surface area contributed by atoms with Crippen molar-refractivity contribution in [3.63, 3.8) is 0 Å².